The standard InChI is InChI=1S/C13H18FNO2/c1-13(2,8-11(16)17)12(15-3)9-5-4-6-10(14)7-9/h4-7,12,15H,8H2,1-3H3,(H,16,17). The predicted molar refractivity (Wildman–Crippen MR) is 64.2 cm³/mol. The van der Waals surface area contributed by atoms with Gasteiger partial charge >= 0.3 is 5.97 Å². The minimum absolute atomic E-state index is 0.0228. The summed E-state index contributed by atoms with van der Waals surface area (Å²) in [5.74, 6) is -1.17. The average molecular weight is 239 g/mol. The van der Waals surface area contributed by atoms with Crippen LogP contribution in [0.2, 0.25) is 0 Å². The fourth-order valence-electron chi connectivity index (χ4n) is 2.19. The molecular formula is C13H18FNO2. The zero-order valence-corrected chi connectivity index (χ0v) is 10.3. The summed E-state index contributed by atoms with van der Waals surface area (Å²) in [6.07, 6.45) is 0.0228. The molecule has 0 aliphatic carbocycles. The van der Waals surface area contributed by atoms with Crippen LogP contribution >= 0.6 is 0 Å². The lowest BCUT2D eigenvalue weighted by Crippen LogP contribution is -2.34. The number of carboxylic acid groups (broad SMARTS) is 1. The van der Waals surface area contributed by atoms with Crippen LogP contribution in [0.3, 0.4) is 0 Å². The highest BCUT2D eigenvalue weighted by Crippen LogP contribution is 2.36. The van der Waals surface area contributed by atoms with Gasteiger partial charge in [-0.2, -0.15) is 0 Å². The molecule has 17 heavy (non-hydrogen) atoms. The van der Waals surface area contributed by atoms with Crippen LogP contribution < -0.4 is 5.32 Å². The highest BCUT2D eigenvalue weighted by atomic mass is 19.1. The highest BCUT2D eigenvalue weighted by Gasteiger charge is 2.32. The van der Waals surface area contributed by atoms with Crippen molar-refractivity contribution in [2.75, 3.05) is 7.05 Å². The third-order valence-electron chi connectivity index (χ3n) is 2.86. The molecule has 0 saturated carbocycles. The van der Waals surface area contributed by atoms with Gasteiger partial charge in [-0.1, -0.05) is 26.0 Å². The summed E-state index contributed by atoms with van der Waals surface area (Å²) in [7, 11) is 1.75. The van der Waals surface area contributed by atoms with Crippen molar-refractivity contribution < 1.29 is 14.3 Å². The van der Waals surface area contributed by atoms with Crippen LogP contribution in [0.1, 0.15) is 31.9 Å². The maximum atomic E-state index is 13.2. The summed E-state index contributed by atoms with van der Waals surface area (Å²) in [4.78, 5) is 10.8. The van der Waals surface area contributed by atoms with Crippen LogP contribution in [-0.2, 0) is 4.79 Å². The quantitative estimate of drug-likeness (QED) is 0.830. The summed E-state index contributed by atoms with van der Waals surface area (Å²) in [6.45, 7) is 3.71. The molecule has 1 unspecified atom stereocenters. The van der Waals surface area contributed by atoms with Gasteiger partial charge in [0, 0.05) is 6.04 Å². The minimum Gasteiger partial charge on any atom is -0.481 e. The molecule has 0 aliphatic heterocycles. The molecule has 0 spiro atoms. The number of nitrogens with one attached hydrogen (secondary N) is 1. The lowest BCUT2D eigenvalue weighted by atomic mass is 9.78. The molecule has 1 rings (SSSR count). The second kappa shape index (κ2) is 5.27. The van der Waals surface area contributed by atoms with Gasteiger partial charge in [0.1, 0.15) is 5.82 Å². The molecule has 0 aromatic heterocycles. The number of hydrogen-bond donors (Lipinski definition) is 2. The SMILES string of the molecule is CNC(c1cccc(F)c1)C(C)(C)CC(=O)O. The van der Waals surface area contributed by atoms with E-state index in [1.165, 1.54) is 12.1 Å². The summed E-state index contributed by atoms with van der Waals surface area (Å²) < 4.78 is 13.2. The van der Waals surface area contributed by atoms with E-state index in [1.54, 1.807) is 19.2 Å². The van der Waals surface area contributed by atoms with E-state index in [2.05, 4.69) is 5.32 Å². The molecule has 0 fully saturated rings. The molecule has 2 N–H and O–H groups in total. The number of carboxylic acids is 1. The average Bonchev–Trinajstić information content (AvgIpc) is 2.15. The first-order valence-electron chi connectivity index (χ1n) is 5.51. The van der Waals surface area contributed by atoms with E-state index in [-0.39, 0.29) is 18.3 Å². The van der Waals surface area contributed by atoms with E-state index in [4.69, 9.17) is 5.11 Å². The molecule has 0 radical (unpaired) electrons. The Morgan fingerprint density at radius 3 is 2.65 bits per heavy atom. The Kier molecular flexibility index (Phi) is 4.23. The smallest absolute Gasteiger partial charge is 0.303 e. The molecular weight excluding hydrogens is 221 g/mol. The van der Waals surface area contributed by atoms with Crippen molar-refractivity contribution in [2.45, 2.75) is 26.3 Å². The van der Waals surface area contributed by atoms with E-state index in [1.807, 2.05) is 13.8 Å². The van der Waals surface area contributed by atoms with Crippen molar-refractivity contribution in [1.82, 2.24) is 5.32 Å². The normalized spacial score (nSPS) is 13.4. The lowest BCUT2D eigenvalue weighted by Gasteiger charge is -2.33. The summed E-state index contributed by atoms with van der Waals surface area (Å²) in [5, 5.41) is 12.0. The molecule has 0 amide bonds. The Morgan fingerprint density at radius 1 is 1.53 bits per heavy atom. The maximum Gasteiger partial charge on any atom is 0.303 e. The number of hydrogen-bond acceptors (Lipinski definition) is 2. The van der Waals surface area contributed by atoms with E-state index in [0.717, 1.165) is 5.56 Å². The second-order valence-corrected chi connectivity index (χ2v) is 4.84. The van der Waals surface area contributed by atoms with E-state index >= 15 is 0 Å². The summed E-state index contributed by atoms with van der Waals surface area (Å²) >= 11 is 0. The van der Waals surface area contributed by atoms with E-state index < -0.39 is 11.4 Å². The number of halogens is 1. The van der Waals surface area contributed by atoms with Gasteiger partial charge in [0.25, 0.3) is 0 Å². The maximum absolute atomic E-state index is 13.2. The molecule has 1 aromatic carbocycles. The molecule has 0 bridgehead atoms. The molecule has 4 heteroatoms. The zero-order chi connectivity index (χ0) is 13.1. The molecule has 3 nitrogen and oxygen atoms in total. The Labute approximate surface area is 101 Å². The fourth-order valence-corrected chi connectivity index (χ4v) is 2.19. The van der Waals surface area contributed by atoms with E-state index in [9.17, 15) is 9.18 Å². The largest absolute Gasteiger partial charge is 0.481 e. The van der Waals surface area contributed by atoms with Crippen molar-refractivity contribution in [3.05, 3.63) is 35.6 Å². The molecule has 1 aromatic rings. The van der Waals surface area contributed by atoms with Crippen molar-refractivity contribution >= 4 is 5.97 Å². The van der Waals surface area contributed by atoms with Crippen molar-refractivity contribution in [3.63, 3.8) is 0 Å². The molecule has 0 aliphatic rings. The molecule has 0 saturated heterocycles. The van der Waals surface area contributed by atoms with Crippen LogP contribution in [0, 0.1) is 11.2 Å². The lowest BCUT2D eigenvalue weighted by molar-refractivity contribution is -0.139. The van der Waals surface area contributed by atoms with Crippen molar-refractivity contribution in [1.29, 1.82) is 0 Å². The van der Waals surface area contributed by atoms with Crippen LogP contribution in [0.15, 0.2) is 24.3 Å². The van der Waals surface area contributed by atoms with Crippen LogP contribution in [0.25, 0.3) is 0 Å². The summed E-state index contributed by atoms with van der Waals surface area (Å²) in [5.41, 5.74) is 0.271. The van der Waals surface area contributed by atoms with Gasteiger partial charge < -0.3 is 10.4 Å². The first-order valence-corrected chi connectivity index (χ1v) is 5.51. The van der Waals surface area contributed by atoms with Gasteiger partial charge in [-0.05, 0) is 30.2 Å². The molecule has 1 atom stereocenters. The fraction of sp³-hybridized carbons (Fsp3) is 0.462. The first-order chi connectivity index (χ1) is 7.86. The van der Waals surface area contributed by atoms with Crippen molar-refractivity contribution in [3.8, 4) is 0 Å². The highest BCUT2D eigenvalue weighted by molar-refractivity contribution is 5.67. The monoisotopic (exact) mass is 239 g/mol. The summed E-state index contributed by atoms with van der Waals surface area (Å²) in [6, 6.07) is 6.04. The third-order valence-corrected chi connectivity index (χ3v) is 2.86. The Hall–Kier alpha value is -1.42. The number of aliphatic carboxylic acids is 1. The van der Waals surface area contributed by atoms with Gasteiger partial charge in [-0.3, -0.25) is 4.79 Å². The Morgan fingerprint density at radius 2 is 2.18 bits per heavy atom. The molecule has 94 valence electrons. The van der Waals surface area contributed by atoms with Crippen LogP contribution in [0.5, 0.6) is 0 Å². The van der Waals surface area contributed by atoms with Crippen molar-refractivity contribution in [2.24, 2.45) is 5.41 Å². The Bertz CT molecular complexity index is 404. The van der Waals surface area contributed by atoms with Gasteiger partial charge in [-0.15, -0.1) is 0 Å². The Balaban J connectivity index is 3.02. The van der Waals surface area contributed by atoms with Gasteiger partial charge in [0.2, 0.25) is 0 Å². The van der Waals surface area contributed by atoms with Gasteiger partial charge in [0.05, 0.1) is 6.42 Å². The number of carbonyl (C=O) groups is 1. The van der Waals surface area contributed by atoms with Crippen LogP contribution in [0.4, 0.5) is 4.39 Å². The van der Waals surface area contributed by atoms with Crippen LogP contribution in [-0.4, -0.2) is 18.1 Å². The third kappa shape index (κ3) is 3.53. The van der Waals surface area contributed by atoms with Gasteiger partial charge in [0.15, 0.2) is 0 Å². The first kappa shape index (κ1) is 13.6. The zero-order valence-electron chi connectivity index (χ0n) is 10.3. The topological polar surface area (TPSA) is 49.3 Å². The number of benzene rings is 1. The molecule has 0 heterocycles. The van der Waals surface area contributed by atoms with E-state index in [0.29, 0.717) is 0 Å². The minimum atomic E-state index is -0.855. The second-order valence-electron chi connectivity index (χ2n) is 4.84. The number of rotatable bonds is 5. The van der Waals surface area contributed by atoms with Gasteiger partial charge in [-0.25, -0.2) is 4.39 Å². The predicted octanol–water partition coefficient (Wildman–Crippen LogP) is 2.59.